The van der Waals surface area contributed by atoms with Gasteiger partial charge in [0.25, 0.3) is 0 Å². The second kappa shape index (κ2) is 9.86. The van der Waals surface area contributed by atoms with E-state index in [-0.39, 0.29) is 10.8 Å². The zero-order valence-electron chi connectivity index (χ0n) is 29.3. The van der Waals surface area contributed by atoms with Crippen LogP contribution >= 0.6 is 0 Å². The van der Waals surface area contributed by atoms with Crippen LogP contribution in [0.2, 0.25) is 0 Å². The van der Waals surface area contributed by atoms with Crippen LogP contribution in [-0.4, -0.2) is 0 Å². The fraction of sp³-hybridized carbons (Fsp3) is 0.120. The molecule has 0 fully saturated rings. The molecule has 0 saturated carbocycles. The van der Waals surface area contributed by atoms with E-state index in [1.165, 1.54) is 88.3 Å². The molecular formula is C50H36O. The van der Waals surface area contributed by atoms with Crippen molar-refractivity contribution >= 4 is 43.5 Å². The summed E-state index contributed by atoms with van der Waals surface area (Å²) in [5.74, 6) is 0. The van der Waals surface area contributed by atoms with Crippen molar-refractivity contribution in [3.63, 3.8) is 0 Å². The summed E-state index contributed by atoms with van der Waals surface area (Å²) in [6.07, 6.45) is 0. The van der Waals surface area contributed by atoms with Gasteiger partial charge in [-0.3, -0.25) is 0 Å². The van der Waals surface area contributed by atoms with Crippen LogP contribution in [0.25, 0.3) is 88.0 Å². The van der Waals surface area contributed by atoms with Gasteiger partial charge in [0.1, 0.15) is 11.2 Å². The van der Waals surface area contributed by atoms with E-state index < -0.39 is 0 Å². The van der Waals surface area contributed by atoms with Crippen molar-refractivity contribution in [2.75, 3.05) is 0 Å². The lowest BCUT2D eigenvalue weighted by molar-refractivity contribution is 0.643. The first-order valence-electron chi connectivity index (χ1n) is 18.1. The Morgan fingerprint density at radius 1 is 0.353 bits per heavy atom. The van der Waals surface area contributed by atoms with Crippen LogP contribution in [0.15, 0.2) is 150 Å². The van der Waals surface area contributed by atoms with Gasteiger partial charge < -0.3 is 4.42 Å². The van der Waals surface area contributed by atoms with Crippen LogP contribution in [0.5, 0.6) is 0 Å². The molecule has 1 heteroatoms. The average molecular weight is 653 g/mol. The summed E-state index contributed by atoms with van der Waals surface area (Å²) in [5.41, 5.74) is 17.8. The Labute approximate surface area is 297 Å². The van der Waals surface area contributed by atoms with Crippen molar-refractivity contribution in [3.05, 3.63) is 168 Å². The molecule has 11 rings (SSSR count). The zero-order valence-corrected chi connectivity index (χ0v) is 29.3. The predicted molar refractivity (Wildman–Crippen MR) is 215 cm³/mol. The Morgan fingerprint density at radius 2 is 0.804 bits per heavy atom. The molecule has 0 saturated heterocycles. The van der Waals surface area contributed by atoms with E-state index in [1.807, 2.05) is 6.07 Å². The molecule has 242 valence electrons. The quantitative estimate of drug-likeness (QED) is 0.169. The van der Waals surface area contributed by atoms with E-state index in [2.05, 4.69) is 167 Å². The summed E-state index contributed by atoms with van der Waals surface area (Å²) < 4.78 is 6.44. The number of furan rings is 1. The fourth-order valence-corrected chi connectivity index (χ4v) is 10.0. The third-order valence-electron chi connectivity index (χ3n) is 12.2. The fourth-order valence-electron chi connectivity index (χ4n) is 10.0. The summed E-state index contributed by atoms with van der Waals surface area (Å²) in [6.45, 7) is 9.74. The molecule has 0 amide bonds. The predicted octanol–water partition coefficient (Wildman–Crippen LogP) is 13.8. The lowest BCUT2D eigenvalue weighted by atomic mass is 9.70. The first-order valence-corrected chi connectivity index (χ1v) is 18.1. The van der Waals surface area contributed by atoms with Crippen LogP contribution in [0.4, 0.5) is 0 Å². The van der Waals surface area contributed by atoms with E-state index in [1.54, 1.807) is 0 Å². The van der Waals surface area contributed by atoms with Crippen LogP contribution < -0.4 is 0 Å². The highest BCUT2D eigenvalue weighted by Crippen LogP contribution is 2.62. The molecule has 0 N–H and O–H groups in total. The van der Waals surface area contributed by atoms with Crippen molar-refractivity contribution < 1.29 is 4.42 Å². The van der Waals surface area contributed by atoms with Crippen molar-refractivity contribution in [1.82, 2.24) is 0 Å². The molecular weight excluding hydrogens is 617 g/mol. The minimum atomic E-state index is -0.186. The summed E-state index contributed by atoms with van der Waals surface area (Å²) in [5, 5.41) is 7.39. The van der Waals surface area contributed by atoms with Crippen LogP contribution in [0.1, 0.15) is 49.9 Å². The Morgan fingerprint density at radius 3 is 1.37 bits per heavy atom. The van der Waals surface area contributed by atoms with Gasteiger partial charge in [-0.1, -0.05) is 149 Å². The van der Waals surface area contributed by atoms with E-state index in [9.17, 15) is 0 Å². The van der Waals surface area contributed by atoms with Crippen molar-refractivity contribution in [1.29, 1.82) is 0 Å². The minimum Gasteiger partial charge on any atom is -0.456 e. The van der Waals surface area contributed by atoms with Crippen molar-refractivity contribution in [2.45, 2.75) is 38.5 Å². The first-order chi connectivity index (χ1) is 24.8. The molecule has 2 aliphatic rings. The molecule has 0 spiro atoms. The van der Waals surface area contributed by atoms with Gasteiger partial charge in [0, 0.05) is 21.6 Å². The highest BCUT2D eigenvalue weighted by atomic mass is 16.3. The SMILES string of the molecule is CC1(C)c2ccccc2-c2cc3c(c(-c4c5ccccc5c(-c5ccc6c(c5)oc5ccccc56)c5ccccc45)c21)C(C)(C)c1ccccc1-3. The Bertz CT molecular complexity index is 2830. The number of hydrogen-bond acceptors (Lipinski definition) is 1. The molecule has 8 aromatic carbocycles. The normalized spacial score (nSPS) is 15.0. The van der Waals surface area contributed by atoms with Gasteiger partial charge in [0.2, 0.25) is 0 Å². The van der Waals surface area contributed by atoms with E-state index in [0.717, 1.165) is 21.9 Å². The van der Waals surface area contributed by atoms with Gasteiger partial charge >= 0.3 is 0 Å². The molecule has 1 nitrogen and oxygen atoms in total. The molecule has 0 aliphatic heterocycles. The maximum Gasteiger partial charge on any atom is 0.136 e. The van der Waals surface area contributed by atoms with Crippen LogP contribution in [0.3, 0.4) is 0 Å². The van der Waals surface area contributed by atoms with Gasteiger partial charge in [0.05, 0.1) is 0 Å². The number of fused-ring (bicyclic) bond motifs is 11. The van der Waals surface area contributed by atoms with Crippen LogP contribution in [-0.2, 0) is 10.8 Å². The molecule has 0 radical (unpaired) electrons. The largest absolute Gasteiger partial charge is 0.456 e. The Hall–Kier alpha value is -5.92. The third-order valence-corrected chi connectivity index (χ3v) is 12.2. The van der Waals surface area contributed by atoms with Crippen molar-refractivity contribution in [3.8, 4) is 44.5 Å². The summed E-state index contributed by atoms with van der Waals surface area (Å²) in [6, 6.07) is 54.0. The molecule has 1 heterocycles. The number of rotatable bonds is 2. The minimum absolute atomic E-state index is 0.186. The van der Waals surface area contributed by atoms with E-state index in [0.29, 0.717) is 0 Å². The molecule has 0 atom stereocenters. The average Bonchev–Trinajstić information content (AvgIpc) is 3.72. The number of para-hydroxylation sites is 1. The standard InChI is InChI=1S/C50H36O/c1-49(2)40-22-12-9-15-30(40)38-28-39-31-16-10-13-23-41(31)50(3,4)48(39)46(47(38)49)45-36-20-7-5-18-34(36)44(35-19-6-8-21-37(35)45)29-25-26-33-32-17-11-14-24-42(32)51-43(33)27-29/h5-28H,1-4H3. The van der Waals surface area contributed by atoms with E-state index in [4.69, 9.17) is 4.42 Å². The summed E-state index contributed by atoms with van der Waals surface area (Å²) >= 11 is 0. The molecule has 1 aromatic heterocycles. The second-order valence-corrected chi connectivity index (χ2v) is 15.6. The highest BCUT2D eigenvalue weighted by Gasteiger charge is 2.45. The van der Waals surface area contributed by atoms with Gasteiger partial charge in [-0.05, 0) is 113 Å². The molecule has 2 aliphatic carbocycles. The summed E-state index contributed by atoms with van der Waals surface area (Å²) in [7, 11) is 0. The monoisotopic (exact) mass is 652 g/mol. The maximum atomic E-state index is 6.44. The third kappa shape index (κ3) is 3.66. The number of hydrogen-bond donors (Lipinski definition) is 0. The van der Waals surface area contributed by atoms with Gasteiger partial charge in [0.15, 0.2) is 0 Å². The zero-order chi connectivity index (χ0) is 34.2. The second-order valence-electron chi connectivity index (χ2n) is 15.6. The molecule has 0 unspecified atom stereocenters. The van der Waals surface area contributed by atoms with Crippen molar-refractivity contribution in [2.24, 2.45) is 0 Å². The molecule has 51 heavy (non-hydrogen) atoms. The van der Waals surface area contributed by atoms with Gasteiger partial charge in [-0.15, -0.1) is 0 Å². The lowest BCUT2D eigenvalue weighted by Crippen LogP contribution is -2.21. The first kappa shape index (κ1) is 28.9. The molecule has 0 bridgehead atoms. The van der Waals surface area contributed by atoms with Gasteiger partial charge in [-0.2, -0.15) is 0 Å². The smallest absolute Gasteiger partial charge is 0.136 e. The van der Waals surface area contributed by atoms with E-state index >= 15 is 0 Å². The number of benzene rings is 8. The molecule has 9 aromatic rings. The summed E-state index contributed by atoms with van der Waals surface area (Å²) in [4.78, 5) is 0. The highest BCUT2D eigenvalue weighted by molar-refractivity contribution is 6.23. The maximum absolute atomic E-state index is 6.44. The Balaban J connectivity index is 1.31. The Kier molecular flexibility index (Phi) is 5.58. The lowest BCUT2D eigenvalue weighted by Gasteiger charge is -2.32. The topological polar surface area (TPSA) is 13.1 Å². The van der Waals surface area contributed by atoms with Gasteiger partial charge in [-0.25, -0.2) is 0 Å². The van der Waals surface area contributed by atoms with Crippen LogP contribution in [0, 0.1) is 0 Å².